The highest BCUT2D eigenvalue weighted by Gasteiger charge is 2.20. The van der Waals surface area contributed by atoms with Crippen molar-refractivity contribution < 1.29 is 14.7 Å². The number of hydrogen-bond donors (Lipinski definition) is 4. The Bertz CT molecular complexity index is 243. The van der Waals surface area contributed by atoms with Gasteiger partial charge in [-0.25, -0.2) is 4.79 Å². The van der Waals surface area contributed by atoms with E-state index < -0.39 is 12.1 Å². The number of amides is 3. The van der Waals surface area contributed by atoms with E-state index in [1.54, 1.807) is 6.92 Å². The average molecular weight is 231 g/mol. The van der Waals surface area contributed by atoms with Gasteiger partial charge in [0.1, 0.15) is 6.04 Å². The van der Waals surface area contributed by atoms with Crippen molar-refractivity contribution in [2.75, 3.05) is 6.61 Å². The number of nitrogens with one attached hydrogen (secondary N) is 2. The summed E-state index contributed by atoms with van der Waals surface area (Å²) in [5.74, 6) is -0.0807. The molecule has 0 saturated carbocycles. The first-order chi connectivity index (χ1) is 7.38. The molecule has 0 radical (unpaired) electrons. The van der Waals surface area contributed by atoms with E-state index in [-0.39, 0.29) is 24.5 Å². The van der Waals surface area contributed by atoms with Gasteiger partial charge in [-0.1, -0.05) is 13.8 Å². The number of rotatable bonds is 6. The van der Waals surface area contributed by atoms with E-state index in [1.807, 2.05) is 13.8 Å². The van der Waals surface area contributed by atoms with Crippen LogP contribution in [0.25, 0.3) is 0 Å². The lowest BCUT2D eigenvalue weighted by molar-refractivity contribution is -0.123. The van der Waals surface area contributed by atoms with Gasteiger partial charge in [0, 0.05) is 12.6 Å². The largest absolute Gasteiger partial charge is 0.396 e. The van der Waals surface area contributed by atoms with Crippen LogP contribution in [0.15, 0.2) is 0 Å². The van der Waals surface area contributed by atoms with Crippen LogP contribution in [0.4, 0.5) is 4.79 Å². The number of carbonyl (C=O) groups excluding carboxylic acids is 2. The molecule has 2 atom stereocenters. The molecular weight excluding hydrogens is 210 g/mol. The molecule has 0 heterocycles. The highest BCUT2D eigenvalue weighted by Crippen LogP contribution is 2.05. The molecule has 0 aliphatic carbocycles. The zero-order valence-electron chi connectivity index (χ0n) is 9.99. The molecule has 16 heavy (non-hydrogen) atoms. The van der Waals surface area contributed by atoms with Crippen molar-refractivity contribution in [2.45, 2.75) is 39.3 Å². The van der Waals surface area contributed by atoms with Crippen LogP contribution in [-0.4, -0.2) is 35.7 Å². The number of nitrogens with two attached hydrogens (primary N) is 1. The molecule has 0 saturated heterocycles. The second-order valence-corrected chi connectivity index (χ2v) is 4.10. The minimum atomic E-state index is -0.731. The molecule has 6 nitrogen and oxygen atoms in total. The fourth-order valence-corrected chi connectivity index (χ4v) is 1.30. The highest BCUT2D eigenvalue weighted by atomic mass is 16.3. The van der Waals surface area contributed by atoms with E-state index in [4.69, 9.17) is 10.8 Å². The van der Waals surface area contributed by atoms with Gasteiger partial charge in [-0.2, -0.15) is 0 Å². The Morgan fingerprint density at radius 3 is 2.19 bits per heavy atom. The quantitative estimate of drug-likeness (QED) is 0.498. The predicted octanol–water partition coefficient (Wildman–Crippen LogP) is -0.434. The number of urea groups is 1. The summed E-state index contributed by atoms with van der Waals surface area (Å²) in [6.07, 6.45) is 0.493. The van der Waals surface area contributed by atoms with Gasteiger partial charge < -0.3 is 21.5 Å². The Hall–Kier alpha value is -1.30. The fourth-order valence-electron chi connectivity index (χ4n) is 1.30. The molecular formula is C10H21N3O3. The summed E-state index contributed by atoms with van der Waals surface area (Å²) in [4.78, 5) is 22.2. The molecule has 0 spiro atoms. The molecule has 0 bridgehead atoms. The van der Waals surface area contributed by atoms with Gasteiger partial charge in [0.2, 0.25) is 5.91 Å². The van der Waals surface area contributed by atoms with Crippen molar-refractivity contribution in [3.05, 3.63) is 0 Å². The maximum Gasteiger partial charge on any atom is 0.312 e. The van der Waals surface area contributed by atoms with Crippen molar-refractivity contribution in [3.8, 4) is 0 Å². The van der Waals surface area contributed by atoms with E-state index in [2.05, 4.69) is 10.6 Å². The molecule has 0 aromatic heterocycles. The zero-order chi connectivity index (χ0) is 12.7. The summed E-state index contributed by atoms with van der Waals surface area (Å²) in [5, 5.41) is 13.9. The van der Waals surface area contributed by atoms with Crippen molar-refractivity contribution in [3.63, 3.8) is 0 Å². The number of carbonyl (C=O) groups is 2. The fraction of sp³-hybridized carbons (Fsp3) is 0.800. The van der Waals surface area contributed by atoms with Gasteiger partial charge in [0.25, 0.3) is 0 Å². The average Bonchev–Trinajstić information content (AvgIpc) is 2.15. The number of aliphatic hydroxyl groups excluding tert-OH is 1. The standard InChI is InChI=1S/C10H21N3O3/c1-6(2)8(4-5-14)13-9(15)7(3)12-10(11)16/h6-8,14H,4-5H2,1-3H3,(H,13,15)(H3,11,12,16). The molecule has 0 fully saturated rings. The Balaban J connectivity index is 4.22. The minimum absolute atomic E-state index is 0.0146. The molecule has 0 aliphatic rings. The first-order valence-electron chi connectivity index (χ1n) is 5.35. The maximum atomic E-state index is 11.6. The van der Waals surface area contributed by atoms with Gasteiger partial charge >= 0.3 is 6.03 Å². The van der Waals surface area contributed by atoms with E-state index in [0.29, 0.717) is 6.42 Å². The Kier molecular flexibility index (Phi) is 6.48. The molecule has 0 rings (SSSR count). The number of aliphatic hydroxyl groups is 1. The van der Waals surface area contributed by atoms with E-state index >= 15 is 0 Å². The Morgan fingerprint density at radius 1 is 1.25 bits per heavy atom. The van der Waals surface area contributed by atoms with Crippen LogP contribution in [0.5, 0.6) is 0 Å². The minimum Gasteiger partial charge on any atom is -0.396 e. The van der Waals surface area contributed by atoms with Crippen LogP contribution in [0.3, 0.4) is 0 Å². The predicted molar refractivity (Wildman–Crippen MR) is 60.7 cm³/mol. The van der Waals surface area contributed by atoms with Gasteiger partial charge in [0.15, 0.2) is 0 Å². The molecule has 3 amide bonds. The lowest BCUT2D eigenvalue weighted by Gasteiger charge is -2.23. The van der Waals surface area contributed by atoms with E-state index in [1.165, 1.54) is 0 Å². The van der Waals surface area contributed by atoms with Crippen LogP contribution in [-0.2, 0) is 4.79 Å². The van der Waals surface area contributed by atoms with Gasteiger partial charge in [-0.15, -0.1) is 0 Å². The SMILES string of the molecule is CC(NC(N)=O)C(=O)NC(CCO)C(C)C. The molecule has 0 aromatic rings. The van der Waals surface area contributed by atoms with Crippen molar-refractivity contribution in [1.82, 2.24) is 10.6 Å². The third-order valence-electron chi connectivity index (χ3n) is 2.32. The van der Waals surface area contributed by atoms with Crippen LogP contribution >= 0.6 is 0 Å². The molecule has 6 heteroatoms. The first kappa shape index (κ1) is 14.7. The lowest BCUT2D eigenvalue weighted by Crippen LogP contribution is -2.50. The monoisotopic (exact) mass is 231 g/mol. The van der Waals surface area contributed by atoms with Crippen LogP contribution in [0.1, 0.15) is 27.2 Å². The van der Waals surface area contributed by atoms with Gasteiger partial charge in [0.05, 0.1) is 0 Å². The summed E-state index contributed by atoms with van der Waals surface area (Å²) in [6.45, 7) is 5.47. The zero-order valence-corrected chi connectivity index (χ0v) is 9.99. The topological polar surface area (TPSA) is 104 Å². The van der Waals surface area contributed by atoms with Crippen molar-refractivity contribution >= 4 is 11.9 Å². The van der Waals surface area contributed by atoms with E-state index in [9.17, 15) is 9.59 Å². The smallest absolute Gasteiger partial charge is 0.312 e. The van der Waals surface area contributed by atoms with Crippen LogP contribution in [0.2, 0.25) is 0 Å². The summed E-state index contributed by atoms with van der Waals surface area (Å²) < 4.78 is 0. The van der Waals surface area contributed by atoms with E-state index in [0.717, 1.165) is 0 Å². The summed E-state index contributed by atoms with van der Waals surface area (Å²) in [6, 6.07) is -1.50. The molecule has 94 valence electrons. The highest BCUT2D eigenvalue weighted by molar-refractivity contribution is 5.86. The molecule has 5 N–H and O–H groups in total. The Labute approximate surface area is 95.6 Å². The van der Waals surface area contributed by atoms with Crippen molar-refractivity contribution in [1.29, 1.82) is 0 Å². The first-order valence-corrected chi connectivity index (χ1v) is 5.35. The number of primary amides is 1. The molecule has 2 unspecified atom stereocenters. The third kappa shape index (κ3) is 5.55. The molecule has 0 aliphatic heterocycles. The molecule has 0 aromatic carbocycles. The Morgan fingerprint density at radius 2 is 1.81 bits per heavy atom. The third-order valence-corrected chi connectivity index (χ3v) is 2.32. The maximum absolute atomic E-state index is 11.6. The summed E-state index contributed by atoms with van der Waals surface area (Å²) >= 11 is 0. The number of hydrogen-bond acceptors (Lipinski definition) is 3. The lowest BCUT2D eigenvalue weighted by atomic mass is 10.0. The summed E-state index contributed by atoms with van der Waals surface area (Å²) in [7, 11) is 0. The van der Waals surface area contributed by atoms with Crippen LogP contribution < -0.4 is 16.4 Å². The summed E-state index contributed by atoms with van der Waals surface area (Å²) in [5.41, 5.74) is 4.91. The second kappa shape index (κ2) is 7.05. The van der Waals surface area contributed by atoms with Crippen molar-refractivity contribution in [2.24, 2.45) is 11.7 Å². The van der Waals surface area contributed by atoms with Gasteiger partial charge in [-0.3, -0.25) is 4.79 Å². The van der Waals surface area contributed by atoms with Gasteiger partial charge in [-0.05, 0) is 19.3 Å². The van der Waals surface area contributed by atoms with Crippen LogP contribution in [0, 0.1) is 5.92 Å². The second-order valence-electron chi connectivity index (χ2n) is 4.10. The normalized spacial score (nSPS) is 14.3.